The lowest BCUT2D eigenvalue weighted by molar-refractivity contribution is 0.171. The first-order valence-corrected chi connectivity index (χ1v) is 9.58. The van der Waals surface area contributed by atoms with Gasteiger partial charge in [0.05, 0.1) is 5.69 Å². The maximum absolute atomic E-state index is 12.1. The molecule has 1 atom stereocenters. The summed E-state index contributed by atoms with van der Waals surface area (Å²) in [6.07, 6.45) is 1.75. The molecule has 1 N–H and O–H groups in total. The van der Waals surface area contributed by atoms with Crippen molar-refractivity contribution in [2.75, 3.05) is 13.2 Å². The van der Waals surface area contributed by atoms with Gasteiger partial charge in [-0.3, -0.25) is 9.20 Å². The van der Waals surface area contributed by atoms with E-state index >= 15 is 0 Å². The van der Waals surface area contributed by atoms with Gasteiger partial charge in [-0.1, -0.05) is 19.9 Å². The molecule has 6 nitrogen and oxygen atoms in total. The maximum Gasteiger partial charge on any atom is 0.258 e. The Labute approximate surface area is 155 Å². The number of thiazole rings is 1. The number of nitrogens with one attached hydrogen (secondary N) is 1. The summed E-state index contributed by atoms with van der Waals surface area (Å²) in [5.41, 5.74) is 1.84. The highest BCUT2D eigenvalue weighted by atomic mass is 32.1. The fraction of sp³-hybridized carbons (Fsp3) is 0.368. The van der Waals surface area contributed by atoms with E-state index in [2.05, 4.69) is 30.2 Å². The van der Waals surface area contributed by atoms with Gasteiger partial charge in [0.25, 0.3) is 5.56 Å². The number of hydrogen-bond acceptors (Lipinski definition) is 6. The van der Waals surface area contributed by atoms with Gasteiger partial charge in [-0.05, 0) is 23.6 Å². The van der Waals surface area contributed by atoms with Gasteiger partial charge >= 0.3 is 0 Å². The lowest BCUT2D eigenvalue weighted by Crippen LogP contribution is -2.27. The van der Waals surface area contributed by atoms with Crippen molar-refractivity contribution in [1.82, 2.24) is 14.7 Å². The second kappa shape index (κ2) is 7.09. The summed E-state index contributed by atoms with van der Waals surface area (Å²) in [5.74, 6) is 1.95. The maximum atomic E-state index is 12.1. The molecule has 2 aromatic heterocycles. The number of fused-ring (bicyclic) bond motifs is 2. The molecule has 1 aliphatic rings. The highest BCUT2D eigenvalue weighted by molar-refractivity contribution is 7.15. The molecule has 7 heteroatoms. The van der Waals surface area contributed by atoms with Gasteiger partial charge in [-0.2, -0.15) is 0 Å². The molecule has 136 valence electrons. The van der Waals surface area contributed by atoms with Gasteiger partial charge in [0.1, 0.15) is 13.2 Å². The van der Waals surface area contributed by atoms with Crippen LogP contribution in [0.2, 0.25) is 0 Å². The van der Waals surface area contributed by atoms with Gasteiger partial charge in [-0.15, -0.1) is 11.3 Å². The van der Waals surface area contributed by atoms with Crippen LogP contribution in [-0.2, 0) is 6.54 Å². The van der Waals surface area contributed by atoms with Crippen molar-refractivity contribution in [2.24, 2.45) is 5.92 Å². The molecule has 0 spiro atoms. The van der Waals surface area contributed by atoms with Crippen LogP contribution in [0.15, 0.2) is 40.6 Å². The van der Waals surface area contributed by atoms with Gasteiger partial charge in [0.15, 0.2) is 16.5 Å². The van der Waals surface area contributed by atoms with Crippen LogP contribution < -0.4 is 20.3 Å². The molecule has 0 amide bonds. The predicted molar refractivity (Wildman–Crippen MR) is 101 cm³/mol. The van der Waals surface area contributed by atoms with Crippen LogP contribution in [0.1, 0.15) is 31.1 Å². The number of aromatic nitrogens is 2. The van der Waals surface area contributed by atoms with Crippen molar-refractivity contribution in [3.05, 3.63) is 57.5 Å². The molecule has 0 saturated carbocycles. The Morgan fingerprint density at radius 3 is 2.85 bits per heavy atom. The highest BCUT2D eigenvalue weighted by Gasteiger charge is 2.19. The third kappa shape index (κ3) is 3.32. The standard InChI is InChI=1S/C19H21N3O3S/c1-12(2)18(13-3-4-15-16(9-13)25-7-6-24-15)20-11-14-10-17(23)22-5-8-26-19(22)21-14/h3-5,8-10,12,18,20H,6-7,11H2,1-2H3. The van der Waals surface area contributed by atoms with E-state index in [1.54, 1.807) is 16.7 Å². The third-order valence-electron chi connectivity index (χ3n) is 4.45. The predicted octanol–water partition coefficient (Wildman–Crippen LogP) is 3.01. The zero-order valence-electron chi connectivity index (χ0n) is 14.8. The van der Waals surface area contributed by atoms with Crippen molar-refractivity contribution in [1.29, 1.82) is 0 Å². The molecule has 0 aliphatic carbocycles. The minimum absolute atomic E-state index is 0.0477. The zero-order chi connectivity index (χ0) is 18.1. The first kappa shape index (κ1) is 17.1. The van der Waals surface area contributed by atoms with Crippen molar-refractivity contribution in [2.45, 2.75) is 26.4 Å². The summed E-state index contributed by atoms with van der Waals surface area (Å²) in [6.45, 7) is 6.02. The summed E-state index contributed by atoms with van der Waals surface area (Å²) >= 11 is 1.46. The molecule has 1 aromatic carbocycles. The Bertz CT molecular complexity index is 980. The van der Waals surface area contributed by atoms with Crippen LogP contribution in [0.5, 0.6) is 11.5 Å². The zero-order valence-corrected chi connectivity index (χ0v) is 15.6. The van der Waals surface area contributed by atoms with Gasteiger partial charge in [-0.25, -0.2) is 4.98 Å². The van der Waals surface area contributed by atoms with Gasteiger partial charge < -0.3 is 14.8 Å². The van der Waals surface area contributed by atoms with E-state index in [1.165, 1.54) is 11.3 Å². The van der Waals surface area contributed by atoms with Crippen LogP contribution in [0.4, 0.5) is 0 Å². The normalized spacial score (nSPS) is 14.7. The highest BCUT2D eigenvalue weighted by Crippen LogP contribution is 2.34. The average molecular weight is 371 g/mol. The quantitative estimate of drug-likeness (QED) is 0.747. The molecule has 1 unspecified atom stereocenters. The summed E-state index contributed by atoms with van der Waals surface area (Å²) in [7, 11) is 0. The van der Waals surface area contributed by atoms with Crippen molar-refractivity contribution in [3.8, 4) is 11.5 Å². The van der Waals surface area contributed by atoms with E-state index < -0.39 is 0 Å². The first-order valence-electron chi connectivity index (χ1n) is 8.70. The topological polar surface area (TPSA) is 64.9 Å². The molecule has 3 heterocycles. The summed E-state index contributed by atoms with van der Waals surface area (Å²) < 4.78 is 12.9. The van der Waals surface area contributed by atoms with Crippen LogP contribution in [-0.4, -0.2) is 22.6 Å². The molecular weight excluding hydrogens is 350 g/mol. The van der Waals surface area contributed by atoms with Gasteiger partial charge in [0.2, 0.25) is 0 Å². The van der Waals surface area contributed by atoms with Crippen LogP contribution in [0, 0.1) is 5.92 Å². The largest absolute Gasteiger partial charge is 0.486 e. The van der Waals surface area contributed by atoms with Crippen molar-refractivity contribution < 1.29 is 9.47 Å². The summed E-state index contributed by atoms with van der Waals surface area (Å²) in [6, 6.07) is 7.78. The number of rotatable bonds is 5. The van der Waals surface area contributed by atoms with Crippen LogP contribution in [0.25, 0.3) is 4.96 Å². The Morgan fingerprint density at radius 2 is 2.04 bits per heavy atom. The second-order valence-electron chi connectivity index (χ2n) is 6.65. The molecule has 0 radical (unpaired) electrons. The summed E-state index contributed by atoms with van der Waals surface area (Å²) in [4.78, 5) is 17.4. The number of hydrogen-bond donors (Lipinski definition) is 1. The SMILES string of the molecule is CC(C)C(NCc1cc(=O)n2ccsc2n1)c1ccc2c(c1)OCCO2. The Balaban J connectivity index is 1.56. The molecule has 0 saturated heterocycles. The summed E-state index contributed by atoms with van der Waals surface area (Å²) in [5, 5.41) is 5.41. The monoisotopic (exact) mass is 371 g/mol. The molecule has 4 rings (SSSR count). The minimum atomic E-state index is -0.0477. The lowest BCUT2D eigenvalue weighted by Gasteiger charge is -2.25. The lowest BCUT2D eigenvalue weighted by atomic mass is 9.95. The third-order valence-corrected chi connectivity index (χ3v) is 5.21. The van der Waals surface area contributed by atoms with E-state index in [-0.39, 0.29) is 11.6 Å². The fourth-order valence-electron chi connectivity index (χ4n) is 3.18. The molecule has 26 heavy (non-hydrogen) atoms. The van der Waals surface area contributed by atoms with Crippen LogP contribution in [0.3, 0.4) is 0 Å². The Kier molecular flexibility index (Phi) is 4.65. The number of benzene rings is 1. The van der Waals surface area contributed by atoms with E-state index in [4.69, 9.17) is 9.47 Å². The Hall–Kier alpha value is -2.38. The molecule has 3 aromatic rings. The Morgan fingerprint density at radius 1 is 1.23 bits per heavy atom. The van der Waals surface area contributed by atoms with E-state index in [0.717, 1.165) is 27.7 Å². The second-order valence-corrected chi connectivity index (χ2v) is 7.52. The van der Waals surface area contributed by atoms with Gasteiger partial charge in [0, 0.05) is 30.2 Å². The van der Waals surface area contributed by atoms with Crippen molar-refractivity contribution in [3.63, 3.8) is 0 Å². The van der Waals surface area contributed by atoms with Crippen molar-refractivity contribution >= 4 is 16.3 Å². The van der Waals surface area contributed by atoms with E-state index in [9.17, 15) is 4.79 Å². The number of nitrogens with zero attached hydrogens (tertiary/aromatic N) is 2. The number of ether oxygens (including phenoxy) is 2. The minimum Gasteiger partial charge on any atom is -0.486 e. The molecular formula is C19H21N3O3S. The fourth-order valence-corrected chi connectivity index (χ4v) is 3.92. The smallest absolute Gasteiger partial charge is 0.258 e. The average Bonchev–Trinajstić information content (AvgIpc) is 3.11. The first-order chi connectivity index (χ1) is 12.6. The molecule has 1 aliphatic heterocycles. The van der Waals surface area contributed by atoms with E-state index in [0.29, 0.717) is 25.7 Å². The van der Waals surface area contributed by atoms with E-state index in [1.807, 2.05) is 17.5 Å². The molecule has 0 bridgehead atoms. The molecule has 0 fully saturated rings. The van der Waals surface area contributed by atoms with Crippen LogP contribution >= 0.6 is 11.3 Å².